The number of nitrogens with zero attached hydrogens (tertiary/aromatic N) is 2. The Kier molecular flexibility index (Phi) is 5.49. The lowest BCUT2D eigenvalue weighted by molar-refractivity contribution is 0.277. The number of aromatic amines is 1. The van der Waals surface area contributed by atoms with Crippen molar-refractivity contribution in [2.45, 2.75) is 43.9 Å². The van der Waals surface area contributed by atoms with Gasteiger partial charge in [-0.1, -0.05) is 17.7 Å². The molecule has 1 aliphatic rings. The zero-order valence-corrected chi connectivity index (χ0v) is 18.1. The van der Waals surface area contributed by atoms with Crippen LogP contribution in [0.25, 0.3) is 21.9 Å². The molecule has 5 rings (SSSR count). The summed E-state index contributed by atoms with van der Waals surface area (Å²) in [4.78, 5) is 12.8. The first-order valence-electron chi connectivity index (χ1n) is 10.9. The van der Waals surface area contributed by atoms with Gasteiger partial charge in [0.15, 0.2) is 0 Å². The molecule has 2 aromatic heterocycles. The smallest absolute Gasteiger partial charge is 0.123 e. The number of fused-ring (bicyclic) bond motifs is 2. The lowest BCUT2D eigenvalue weighted by Crippen LogP contribution is -2.20. The maximum absolute atomic E-state index is 13.9. The number of allylic oxidation sites excluding steroid dienone is 1. The summed E-state index contributed by atoms with van der Waals surface area (Å²) in [6.45, 7) is 3.99. The van der Waals surface area contributed by atoms with Crippen LogP contribution in [0.15, 0.2) is 61.3 Å². The van der Waals surface area contributed by atoms with Gasteiger partial charge in [0.25, 0.3) is 0 Å². The molecule has 0 spiro atoms. The van der Waals surface area contributed by atoms with E-state index in [0.29, 0.717) is 22.8 Å². The van der Waals surface area contributed by atoms with Crippen molar-refractivity contribution in [1.29, 1.82) is 0 Å². The summed E-state index contributed by atoms with van der Waals surface area (Å²) in [6.07, 6.45) is 9.13. The van der Waals surface area contributed by atoms with Gasteiger partial charge in [0.05, 0.1) is 16.6 Å². The normalized spacial score (nSPS) is 20.2. The summed E-state index contributed by atoms with van der Waals surface area (Å²) in [5.74, 6) is 2.11. The molecule has 31 heavy (non-hydrogen) atoms. The number of rotatable bonds is 5. The minimum atomic E-state index is -0.202. The summed E-state index contributed by atoms with van der Waals surface area (Å²) in [6, 6.07) is 12.7. The van der Waals surface area contributed by atoms with Gasteiger partial charge in [-0.15, -0.1) is 6.58 Å². The molecule has 0 aliphatic heterocycles. The molecule has 5 heteroatoms. The Bertz CT molecular complexity index is 1240. The van der Waals surface area contributed by atoms with Crippen molar-refractivity contribution in [3.05, 3.63) is 83.5 Å². The molecule has 0 unspecified atom stereocenters. The maximum Gasteiger partial charge on any atom is 0.123 e. The highest BCUT2D eigenvalue weighted by Gasteiger charge is 2.31. The van der Waals surface area contributed by atoms with Crippen LogP contribution in [0.2, 0.25) is 5.02 Å². The summed E-state index contributed by atoms with van der Waals surface area (Å²) in [5.41, 5.74) is 4.02. The number of hydrogen-bond acceptors (Lipinski definition) is 2. The molecule has 2 aromatic carbocycles. The largest absolute Gasteiger partial charge is 0.342 e. The molecule has 1 atom stereocenters. The van der Waals surface area contributed by atoms with Crippen molar-refractivity contribution < 1.29 is 4.39 Å². The van der Waals surface area contributed by atoms with Crippen LogP contribution in [-0.4, -0.2) is 15.0 Å². The third kappa shape index (κ3) is 3.97. The highest BCUT2D eigenvalue weighted by molar-refractivity contribution is 6.31. The van der Waals surface area contributed by atoms with Crippen LogP contribution in [-0.2, 0) is 0 Å². The van der Waals surface area contributed by atoms with Crippen molar-refractivity contribution in [2.24, 2.45) is 5.92 Å². The van der Waals surface area contributed by atoms with Gasteiger partial charge in [-0.3, -0.25) is 4.98 Å². The number of nitrogens with one attached hydrogen (secondary N) is 1. The molecule has 0 radical (unpaired) electrons. The van der Waals surface area contributed by atoms with E-state index in [1.807, 2.05) is 30.5 Å². The molecule has 0 saturated heterocycles. The average Bonchev–Trinajstić information content (AvgIpc) is 3.20. The quantitative estimate of drug-likeness (QED) is 0.330. The van der Waals surface area contributed by atoms with Gasteiger partial charge in [-0.05, 0) is 92.0 Å². The van der Waals surface area contributed by atoms with E-state index < -0.39 is 0 Å². The number of hydrogen-bond donors (Lipinski definition) is 1. The van der Waals surface area contributed by atoms with Gasteiger partial charge < -0.3 is 4.98 Å². The Morgan fingerprint density at radius 1 is 1.10 bits per heavy atom. The lowest BCUT2D eigenvalue weighted by Gasteiger charge is -2.33. The second-order valence-corrected chi connectivity index (χ2v) is 9.02. The van der Waals surface area contributed by atoms with Gasteiger partial charge in [-0.2, -0.15) is 0 Å². The molecule has 1 N–H and O–H groups in total. The van der Waals surface area contributed by atoms with Crippen LogP contribution in [0, 0.1) is 11.7 Å². The summed E-state index contributed by atoms with van der Waals surface area (Å²) in [5, 5.41) is 1.66. The third-order valence-electron chi connectivity index (χ3n) is 6.75. The van der Waals surface area contributed by atoms with E-state index in [9.17, 15) is 4.39 Å². The summed E-state index contributed by atoms with van der Waals surface area (Å²) in [7, 11) is 0. The van der Waals surface area contributed by atoms with Crippen molar-refractivity contribution in [3.63, 3.8) is 0 Å². The van der Waals surface area contributed by atoms with Crippen LogP contribution in [0.4, 0.5) is 4.39 Å². The number of H-pyrrole nitrogens is 1. The SMILES string of the molecule is C=CC[C@@H](c1nc2ccc(Cl)cc2[nH]1)[C@H]1CC[C@@H](c2ccnc3ccc(F)cc32)CC1. The fraction of sp³-hybridized carbons (Fsp3) is 0.308. The first-order chi connectivity index (χ1) is 15.1. The predicted octanol–water partition coefficient (Wildman–Crippen LogP) is 7.54. The van der Waals surface area contributed by atoms with Crippen molar-refractivity contribution in [1.82, 2.24) is 15.0 Å². The molecule has 3 nitrogen and oxygen atoms in total. The molecule has 0 bridgehead atoms. The summed E-state index contributed by atoms with van der Waals surface area (Å²) >= 11 is 6.15. The Balaban J connectivity index is 1.38. The first kappa shape index (κ1) is 20.2. The number of halogens is 2. The minimum absolute atomic E-state index is 0.202. The van der Waals surface area contributed by atoms with E-state index in [4.69, 9.17) is 16.6 Å². The van der Waals surface area contributed by atoms with E-state index >= 15 is 0 Å². The minimum Gasteiger partial charge on any atom is -0.342 e. The van der Waals surface area contributed by atoms with Crippen molar-refractivity contribution in [3.8, 4) is 0 Å². The second-order valence-electron chi connectivity index (χ2n) is 8.59. The van der Waals surface area contributed by atoms with Gasteiger partial charge in [0.2, 0.25) is 0 Å². The van der Waals surface area contributed by atoms with Gasteiger partial charge in [0.1, 0.15) is 11.6 Å². The summed E-state index contributed by atoms with van der Waals surface area (Å²) < 4.78 is 13.9. The van der Waals surface area contributed by atoms with Gasteiger partial charge in [0, 0.05) is 22.5 Å². The molecular weight excluding hydrogens is 409 g/mol. The Labute approximate surface area is 186 Å². The standard InChI is InChI=1S/C26H25ClFN3/c1-2-3-21(26-30-24-10-8-18(27)14-25(24)31-26)17-6-4-16(5-7-17)20-12-13-29-23-11-9-19(28)15-22(20)23/h2,8-17,21H,1,3-7H2,(H,30,31)/t16-,17+,21-/m1/s1. The molecule has 4 aromatic rings. The van der Waals surface area contributed by atoms with E-state index in [2.05, 4.69) is 22.6 Å². The van der Waals surface area contributed by atoms with Crippen LogP contribution in [0.3, 0.4) is 0 Å². The average molecular weight is 434 g/mol. The zero-order valence-electron chi connectivity index (χ0n) is 17.3. The molecule has 0 amide bonds. The van der Waals surface area contributed by atoms with Crippen molar-refractivity contribution >= 4 is 33.5 Å². The highest BCUT2D eigenvalue weighted by atomic mass is 35.5. The number of pyridine rings is 1. The lowest BCUT2D eigenvalue weighted by atomic mass is 9.72. The first-order valence-corrected chi connectivity index (χ1v) is 11.3. The molecule has 2 heterocycles. The Hall–Kier alpha value is -2.72. The second kappa shape index (κ2) is 8.43. The van der Waals surface area contributed by atoms with E-state index in [0.717, 1.165) is 59.9 Å². The van der Waals surface area contributed by atoms with Crippen molar-refractivity contribution in [2.75, 3.05) is 0 Å². The third-order valence-corrected chi connectivity index (χ3v) is 6.99. The predicted molar refractivity (Wildman–Crippen MR) is 125 cm³/mol. The zero-order chi connectivity index (χ0) is 21.4. The van der Waals surface area contributed by atoms with E-state index in [1.165, 1.54) is 11.6 Å². The Morgan fingerprint density at radius 3 is 2.71 bits per heavy atom. The van der Waals surface area contributed by atoms with Crippen LogP contribution in [0.5, 0.6) is 0 Å². The number of imidazole rings is 1. The molecule has 1 fully saturated rings. The molecule has 158 valence electrons. The van der Waals surface area contributed by atoms with E-state index in [-0.39, 0.29) is 5.82 Å². The number of benzene rings is 2. The Morgan fingerprint density at radius 2 is 1.90 bits per heavy atom. The fourth-order valence-corrected chi connectivity index (χ4v) is 5.38. The topological polar surface area (TPSA) is 41.6 Å². The van der Waals surface area contributed by atoms with Crippen LogP contribution < -0.4 is 0 Å². The molecule has 1 saturated carbocycles. The fourth-order valence-electron chi connectivity index (χ4n) is 5.21. The van der Waals surface area contributed by atoms with Gasteiger partial charge in [-0.25, -0.2) is 9.37 Å². The monoisotopic (exact) mass is 433 g/mol. The van der Waals surface area contributed by atoms with Crippen LogP contribution in [0.1, 0.15) is 55.3 Å². The van der Waals surface area contributed by atoms with Gasteiger partial charge >= 0.3 is 0 Å². The highest BCUT2D eigenvalue weighted by Crippen LogP contribution is 2.44. The molecule has 1 aliphatic carbocycles. The number of aromatic nitrogens is 3. The maximum atomic E-state index is 13.9. The van der Waals surface area contributed by atoms with E-state index in [1.54, 1.807) is 12.1 Å². The van der Waals surface area contributed by atoms with Crippen LogP contribution >= 0.6 is 11.6 Å². The molecular formula is C26H25ClFN3.